The van der Waals surface area contributed by atoms with Crippen LogP contribution < -0.4 is 9.64 Å². The molecule has 3 nitrogen and oxygen atoms in total. The Kier molecular flexibility index (Phi) is 3.01. The van der Waals surface area contributed by atoms with E-state index in [9.17, 15) is 9.18 Å². The van der Waals surface area contributed by atoms with E-state index in [0.717, 1.165) is 0 Å². The highest BCUT2D eigenvalue weighted by Crippen LogP contribution is 2.28. The largest absolute Gasteiger partial charge is 0.494 e. The van der Waals surface area contributed by atoms with Crippen LogP contribution in [-0.4, -0.2) is 19.6 Å². The third-order valence-corrected chi connectivity index (χ3v) is 2.81. The van der Waals surface area contributed by atoms with Crippen molar-refractivity contribution < 1.29 is 13.9 Å². The Bertz CT molecular complexity index is 493. The van der Waals surface area contributed by atoms with Crippen LogP contribution in [0.1, 0.15) is 6.42 Å². The zero-order valence-corrected chi connectivity index (χ0v) is 9.44. The first-order chi connectivity index (χ1) is 8.15. The van der Waals surface area contributed by atoms with E-state index in [1.165, 1.54) is 24.1 Å². The number of anilines is 1. The molecule has 0 N–H and O–H groups in total. The third kappa shape index (κ3) is 2.09. The Hall–Kier alpha value is -2.02. The van der Waals surface area contributed by atoms with E-state index in [2.05, 4.69) is 5.92 Å². The topological polar surface area (TPSA) is 29.5 Å². The van der Waals surface area contributed by atoms with Gasteiger partial charge in [-0.05, 0) is 12.1 Å². The smallest absolute Gasteiger partial charge is 0.228 e. The standard InChI is InChI=1S/C13H12FNO2/c1-3-9-6-13(16)15(8-9)10-4-5-12(17-2)11(14)7-10/h1,4-5,7,9H,6,8H2,2H3. The average Bonchev–Trinajstić information content (AvgIpc) is 2.70. The first-order valence-electron chi connectivity index (χ1n) is 5.25. The summed E-state index contributed by atoms with van der Waals surface area (Å²) in [5.41, 5.74) is 0.519. The molecule has 1 heterocycles. The molecule has 1 fully saturated rings. The van der Waals surface area contributed by atoms with E-state index in [1.807, 2.05) is 0 Å². The maximum Gasteiger partial charge on any atom is 0.228 e. The van der Waals surface area contributed by atoms with Crippen LogP contribution in [0.15, 0.2) is 18.2 Å². The van der Waals surface area contributed by atoms with Gasteiger partial charge in [0.1, 0.15) is 0 Å². The minimum atomic E-state index is -0.484. The van der Waals surface area contributed by atoms with E-state index in [4.69, 9.17) is 11.2 Å². The number of benzene rings is 1. The molecule has 1 aliphatic rings. The highest BCUT2D eigenvalue weighted by molar-refractivity contribution is 5.96. The van der Waals surface area contributed by atoms with Crippen molar-refractivity contribution in [3.8, 4) is 18.1 Å². The van der Waals surface area contributed by atoms with Gasteiger partial charge in [0, 0.05) is 30.6 Å². The van der Waals surface area contributed by atoms with E-state index in [1.54, 1.807) is 6.07 Å². The van der Waals surface area contributed by atoms with Crippen LogP contribution in [0.25, 0.3) is 0 Å². The van der Waals surface area contributed by atoms with Crippen molar-refractivity contribution in [3.05, 3.63) is 24.0 Å². The van der Waals surface area contributed by atoms with Gasteiger partial charge >= 0.3 is 0 Å². The van der Waals surface area contributed by atoms with E-state index < -0.39 is 5.82 Å². The number of hydrogen-bond donors (Lipinski definition) is 0. The summed E-state index contributed by atoms with van der Waals surface area (Å²) in [6.45, 7) is 0.446. The first kappa shape index (κ1) is 11.5. The predicted molar refractivity (Wildman–Crippen MR) is 62.2 cm³/mol. The van der Waals surface area contributed by atoms with Gasteiger partial charge in [-0.3, -0.25) is 4.79 Å². The van der Waals surface area contributed by atoms with Crippen molar-refractivity contribution in [2.24, 2.45) is 5.92 Å². The van der Waals surface area contributed by atoms with Crippen LogP contribution in [0.5, 0.6) is 5.75 Å². The maximum atomic E-state index is 13.5. The molecule has 17 heavy (non-hydrogen) atoms. The Morgan fingerprint density at radius 1 is 1.59 bits per heavy atom. The average molecular weight is 233 g/mol. The number of nitrogens with zero attached hydrogens (tertiary/aromatic N) is 1. The fraction of sp³-hybridized carbons (Fsp3) is 0.308. The first-order valence-corrected chi connectivity index (χ1v) is 5.25. The van der Waals surface area contributed by atoms with Crippen LogP contribution >= 0.6 is 0 Å². The van der Waals surface area contributed by atoms with Gasteiger partial charge in [-0.1, -0.05) is 0 Å². The summed E-state index contributed by atoms with van der Waals surface area (Å²) in [6, 6.07) is 4.44. The van der Waals surface area contributed by atoms with Crippen molar-refractivity contribution in [2.75, 3.05) is 18.6 Å². The molecule has 0 saturated carbocycles. The molecule has 0 spiro atoms. The lowest BCUT2D eigenvalue weighted by molar-refractivity contribution is -0.117. The summed E-state index contributed by atoms with van der Waals surface area (Å²) >= 11 is 0. The quantitative estimate of drug-likeness (QED) is 0.729. The van der Waals surface area contributed by atoms with Gasteiger partial charge < -0.3 is 9.64 Å². The lowest BCUT2D eigenvalue weighted by Gasteiger charge is -2.16. The van der Waals surface area contributed by atoms with Gasteiger partial charge in [-0.25, -0.2) is 4.39 Å². The second kappa shape index (κ2) is 4.46. The second-order valence-electron chi connectivity index (χ2n) is 3.89. The number of amides is 1. The molecule has 1 aromatic carbocycles. The highest BCUT2D eigenvalue weighted by atomic mass is 19.1. The number of hydrogen-bond acceptors (Lipinski definition) is 2. The van der Waals surface area contributed by atoms with E-state index in [-0.39, 0.29) is 17.6 Å². The molecule has 0 bridgehead atoms. The highest BCUT2D eigenvalue weighted by Gasteiger charge is 2.29. The Labute approximate surface area is 99.2 Å². The lowest BCUT2D eigenvalue weighted by atomic mass is 10.1. The Morgan fingerprint density at radius 2 is 2.35 bits per heavy atom. The summed E-state index contributed by atoms with van der Waals surface area (Å²) < 4.78 is 18.3. The molecular formula is C13H12FNO2. The number of ether oxygens (including phenoxy) is 1. The van der Waals surface area contributed by atoms with Crippen LogP contribution in [0.3, 0.4) is 0 Å². The van der Waals surface area contributed by atoms with Gasteiger partial charge in [0.25, 0.3) is 0 Å². The SMILES string of the molecule is C#CC1CC(=O)N(c2ccc(OC)c(F)c2)C1. The monoisotopic (exact) mass is 233 g/mol. The number of rotatable bonds is 2. The molecule has 88 valence electrons. The molecule has 2 rings (SSSR count). The van der Waals surface area contributed by atoms with Crippen LogP contribution in [0.2, 0.25) is 0 Å². The van der Waals surface area contributed by atoms with Gasteiger partial charge in [0.15, 0.2) is 11.6 Å². The summed E-state index contributed by atoms with van der Waals surface area (Å²) in [7, 11) is 1.40. The van der Waals surface area contributed by atoms with Gasteiger partial charge in [0.2, 0.25) is 5.91 Å². The Morgan fingerprint density at radius 3 is 2.88 bits per heavy atom. The summed E-state index contributed by atoms with van der Waals surface area (Å²) in [5.74, 6) is 2.07. The summed E-state index contributed by atoms with van der Waals surface area (Å²) in [5, 5.41) is 0. The van der Waals surface area contributed by atoms with Crippen molar-refractivity contribution in [3.63, 3.8) is 0 Å². The minimum Gasteiger partial charge on any atom is -0.494 e. The van der Waals surface area contributed by atoms with Crippen molar-refractivity contribution in [1.29, 1.82) is 0 Å². The summed E-state index contributed by atoms with van der Waals surface area (Å²) in [4.78, 5) is 13.2. The van der Waals surface area contributed by atoms with Crippen molar-refractivity contribution in [2.45, 2.75) is 6.42 Å². The Balaban J connectivity index is 2.27. The molecule has 1 amide bonds. The molecule has 0 aromatic heterocycles. The molecule has 1 aliphatic heterocycles. The van der Waals surface area contributed by atoms with Crippen LogP contribution in [0, 0.1) is 24.1 Å². The molecule has 0 aliphatic carbocycles. The maximum absolute atomic E-state index is 13.5. The van der Waals surface area contributed by atoms with Crippen LogP contribution in [-0.2, 0) is 4.79 Å². The predicted octanol–water partition coefficient (Wildman–Crippen LogP) is 1.82. The number of halogens is 1. The lowest BCUT2D eigenvalue weighted by Crippen LogP contribution is -2.24. The van der Waals surface area contributed by atoms with E-state index >= 15 is 0 Å². The van der Waals surface area contributed by atoms with Crippen molar-refractivity contribution in [1.82, 2.24) is 0 Å². The fourth-order valence-electron chi connectivity index (χ4n) is 1.89. The molecule has 4 heteroatoms. The molecule has 1 unspecified atom stereocenters. The molecular weight excluding hydrogens is 221 g/mol. The fourth-order valence-corrected chi connectivity index (χ4v) is 1.89. The number of methoxy groups -OCH3 is 1. The minimum absolute atomic E-state index is 0.0717. The second-order valence-corrected chi connectivity index (χ2v) is 3.89. The number of terminal acetylenes is 1. The molecule has 0 radical (unpaired) electrons. The van der Waals surface area contributed by atoms with Crippen molar-refractivity contribution >= 4 is 11.6 Å². The van der Waals surface area contributed by atoms with Gasteiger partial charge in [-0.15, -0.1) is 12.3 Å². The normalized spacial score (nSPS) is 19.2. The third-order valence-electron chi connectivity index (χ3n) is 2.81. The van der Waals surface area contributed by atoms with Crippen LogP contribution in [0.4, 0.5) is 10.1 Å². The van der Waals surface area contributed by atoms with Gasteiger partial charge in [-0.2, -0.15) is 0 Å². The molecule has 1 atom stereocenters. The molecule has 1 saturated heterocycles. The van der Waals surface area contributed by atoms with Gasteiger partial charge in [0.05, 0.1) is 7.11 Å². The number of carbonyl (C=O) groups is 1. The van der Waals surface area contributed by atoms with E-state index in [0.29, 0.717) is 18.7 Å². The molecule has 1 aromatic rings. The summed E-state index contributed by atoms with van der Waals surface area (Å²) in [6.07, 6.45) is 5.61. The number of carbonyl (C=O) groups excluding carboxylic acids is 1. The zero-order chi connectivity index (χ0) is 12.4. The zero-order valence-electron chi connectivity index (χ0n) is 9.44.